The van der Waals surface area contributed by atoms with Crippen LogP contribution >= 0.6 is 0 Å². The summed E-state index contributed by atoms with van der Waals surface area (Å²) in [5.74, 6) is 1.36. The van der Waals surface area contributed by atoms with Crippen LogP contribution in [-0.4, -0.2) is 19.8 Å². The Labute approximate surface area is 59.6 Å². The molecule has 9 heavy (non-hydrogen) atoms. The largest absolute Gasteiger partial charge is 0.319 e. The van der Waals surface area contributed by atoms with Gasteiger partial charge in [0.05, 0.1) is 0 Å². The van der Waals surface area contributed by atoms with Crippen molar-refractivity contribution in [2.75, 3.05) is 0 Å². The monoisotopic (exact) mass is 127 g/mol. The second-order valence-electron chi connectivity index (χ2n) is 3.35. The molecule has 0 aliphatic heterocycles. The van der Waals surface area contributed by atoms with E-state index in [2.05, 4.69) is 40.9 Å². The lowest BCUT2D eigenvalue weighted by Gasteiger charge is -2.19. The molecule has 2 atom stereocenters. The summed E-state index contributed by atoms with van der Waals surface area (Å²) in [7, 11) is 2.18. The van der Waals surface area contributed by atoms with Crippen LogP contribution < -0.4 is 5.32 Å². The minimum atomic E-state index is 0.613. The zero-order valence-corrected chi connectivity index (χ0v) is 7.23. The van der Waals surface area contributed by atoms with Gasteiger partial charge in [0.15, 0.2) is 0 Å². The first-order valence-electron chi connectivity index (χ1n) is 3.80. The lowest BCUT2D eigenvalue weighted by atomic mass is 9.96. The Morgan fingerprint density at radius 1 is 1.11 bits per heavy atom. The molecule has 0 amide bonds. The van der Waals surface area contributed by atoms with E-state index in [4.69, 9.17) is 0 Å². The van der Waals surface area contributed by atoms with E-state index >= 15 is 0 Å². The third kappa shape index (κ3) is 4.52. The van der Waals surface area contributed by atoms with Gasteiger partial charge in [0.2, 0.25) is 0 Å². The number of hydrogen-bond donors (Lipinski definition) is 1. The number of nitrogens with one attached hydrogen (secondary N) is 1. The maximum Gasteiger partial charge on any atom is 0.123 e. The van der Waals surface area contributed by atoms with E-state index in [-0.39, 0.29) is 0 Å². The fourth-order valence-electron chi connectivity index (χ4n) is 0.718. The predicted octanol–water partition coefficient (Wildman–Crippen LogP) is 0.600. The molecular formula is C7H18BN. The first-order chi connectivity index (χ1) is 4.04. The van der Waals surface area contributed by atoms with E-state index in [0.29, 0.717) is 12.0 Å². The highest BCUT2D eigenvalue weighted by Gasteiger charge is 2.06. The number of rotatable bonds is 3. The molecule has 0 aromatic carbocycles. The summed E-state index contributed by atoms with van der Waals surface area (Å²) in [6, 6.07) is 0.644. The highest BCUT2D eigenvalue weighted by Crippen LogP contribution is 1.99. The van der Waals surface area contributed by atoms with Gasteiger partial charge in [-0.1, -0.05) is 20.8 Å². The summed E-state index contributed by atoms with van der Waals surface area (Å²) in [5, 5.41) is 3.44. The van der Waals surface area contributed by atoms with Crippen LogP contribution in [-0.2, 0) is 0 Å². The van der Waals surface area contributed by atoms with Gasteiger partial charge in [0.1, 0.15) is 7.85 Å². The fraction of sp³-hybridized carbons (Fsp3) is 1.00. The average Bonchev–Trinajstić information content (AvgIpc) is 1.63. The Balaban J connectivity index is 3.38. The Morgan fingerprint density at radius 2 is 1.56 bits per heavy atom. The molecule has 2 heteroatoms. The third-order valence-electron chi connectivity index (χ3n) is 1.60. The zero-order chi connectivity index (χ0) is 7.44. The molecule has 54 valence electrons. The zero-order valence-electron chi connectivity index (χ0n) is 7.23. The summed E-state index contributed by atoms with van der Waals surface area (Å²) in [6.07, 6.45) is 0. The summed E-state index contributed by atoms with van der Waals surface area (Å²) < 4.78 is 0. The number of hydrogen-bond acceptors (Lipinski definition) is 1. The molecule has 1 nitrogen and oxygen atoms in total. The molecule has 0 aromatic heterocycles. The van der Waals surface area contributed by atoms with Crippen LogP contribution in [0.3, 0.4) is 0 Å². The normalized spacial score (nSPS) is 17.9. The van der Waals surface area contributed by atoms with Gasteiger partial charge in [0, 0.05) is 6.04 Å². The summed E-state index contributed by atoms with van der Waals surface area (Å²) in [6.45, 7) is 8.88. The third-order valence-corrected chi connectivity index (χ3v) is 1.60. The highest BCUT2D eigenvalue weighted by molar-refractivity contribution is 6.11. The summed E-state index contributed by atoms with van der Waals surface area (Å²) in [4.78, 5) is 0. The lowest BCUT2D eigenvalue weighted by Crippen LogP contribution is -2.37. The topological polar surface area (TPSA) is 12.0 Å². The molecule has 0 fully saturated rings. The second kappa shape index (κ2) is 3.94. The van der Waals surface area contributed by atoms with Crippen molar-refractivity contribution in [1.29, 1.82) is 0 Å². The molecule has 0 heterocycles. The SMILES string of the molecule is BC(C)NC(C)C(C)C. The molecule has 0 aliphatic rings. The van der Waals surface area contributed by atoms with Gasteiger partial charge in [-0.3, -0.25) is 0 Å². The van der Waals surface area contributed by atoms with Crippen LogP contribution in [0.2, 0.25) is 0 Å². The van der Waals surface area contributed by atoms with E-state index in [9.17, 15) is 0 Å². The van der Waals surface area contributed by atoms with E-state index < -0.39 is 0 Å². The van der Waals surface area contributed by atoms with E-state index in [1.165, 1.54) is 0 Å². The minimum Gasteiger partial charge on any atom is -0.319 e. The molecule has 0 bridgehead atoms. The summed E-state index contributed by atoms with van der Waals surface area (Å²) >= 11 is 0. The van der Waals surface area contributed by atoms with Crippen molar-refractivity contribution in [2.45, 2.75) is 39.7 Å². The molecule has 0 radical (unpaired) electrons. The molecule has 2 unspecified atom stereocenters. The van der Waals surface area contributed by atoms with Crippen LogP contribution in [0.25, 0.3) is 0 Å². The molecule has 0 saturated carbocycles. The molecule has 0 aliphatic carbocycles. The van der Waals surface area contributed by atoms with Gasteiger partial charge in [-0.25, -0.2) is 0 Å². The quantitative estimate of drug-likeness (QED) is 0.547. The maximum atomic E-state index is 3.44. The van der Waals surface area contributed by atoms with Crippen LogP contribution in [0.15, 0.2) is 0 Å². The lowest BCUT2D eigenvalue weighted by molar-refractivity contribution is 0.423. The Morgan fingerprint density at radius 3 is 1.67 bits per heavy atom. The first kappa shape index (κ1) is 9.02. The van der Waals surface area contributed by atoms with Crippen LogP contribution in [0, 0.1) is 5.92 Å². The van der Waals surface area contributed by atoms with E-state index in [1.54, 1.807) is 0 Å². The van der Waals surface area contributed by atoms with Crippen molar-refractivity contribution in [1.82, 2.24) is 5.32 Å². The standard InChI is InChI=1S/C7H18BN/c1-5(2)6(3)9-7(4)8/h5-7,9H,8H2,1-4H3. The molecule has 0 rings (SSSR count). The predicted molar refractivity (Wildman–Crippen MR) is 45.4 cm³/mol. The molecule has 0 aromatic rings. The minimum absolute atomic E-state index is 0.613. The van der Waals surface area contributed by atoms with E-state index in [0.717, 1.165) is 5.92 Å². The molecule has 0 spiro atoms. The van der Waals surface area contributed by atoms with Gasteiger partial charge in [0.25, 0.3) is 0 Å². The van der Waals surface area contributed by atoms with Gasteiger partial charge in [-0.05, 0) is 18.8 Å². The van der Waals surface area contributed by atoms with Crippen molar-refractivity contribution in [3.63, 3.8) is 0 Å². The van der Waals surface area contributed by atoms with Crippen molar-refractivity contribution in [2.24, 2.45) is 5.92 Å². The van der Waals surface area contributed by atoms with Crippen LogP contribution in [0.4, 0.5) is 0 Å². The first-order valence-corrected chi connectivity index (χ1v) is 3.80. The Hall–Kier alpha value is 0.0249. The molecule has 1 N–H and O–H groups in total. The van der Waals surface area contributed by atoms with Crippen molar-refractivity contribution in [3.8, 4) is 0 Å². The van der Waals surface area contributed by atoms with Gasteiger partial charge in [-0.15, -0.1) is 0 Å². The Bertz CT molecular complexity index is 71.3. The molecule has 0 saturated heterocycles. The van der Waals surface area contributed by atoms with E-state index in [1.807, 2.05) is 0 Å². The molecular weight excluding hydrogens is 109 g/mol. The van der Waals surface area contributed by atoms with Gasteiger partial charge in [-0.2, -0.15) is 0 Å². The Kier molecular flexibility index (Phi) is 3.95. The fourth-order valence-corrected chi connectivity index (χ4v) is 0.718. The van der Waals surface area contributed by atoms with Crippen molar-refractivity contribution in [3.05, 3.63) is 0 Å². The maximum absolute atomic E-state index is 3.44. The van der Waals surface area contributed by atoms with Gasteiger partial charge < -0.3 is 5.32 Å². The highest BCUT2D eigenvalue weighted by atomic mass is 14.9. The van der Waals surface area contributed by atoms with Crippen molar-refractivity contribution < 1.29 is 0 Å². The van der Waals surface area contributed by atoms with Crippen LogP contribution in [0.5, 0.6) is 0 Å². The van der Waals surface area contributed by atoms with Crippen LogP contribution in [0.1, 0.15) is 27.7 Å². The van der Waals surface area contributed by atoms with Crippen molar-refractivity contribution >= 4 is 7.85 Å². The average molecular weight is 127 g/mol. The van der Waals surface area contributed by atoms with Gasteiger partial charge >= 0.3 is 0 Å². The summed E-state index contributed by atoms with van der Waals surface area (Å²) in [5.41, 5.74) is 0. The second-order valence-corrected chi connectivity index (χ2v) is 3.35. The smallest absolute Gasteiger partial charge is 0.123 e.